The number of rotatable bonds is 6. The number of methoxy groups -OCH3 is 1. The molecule has 160 valence electrons. The molecule has 0 saturated carbocycles. The summed E-state index contributed by atoms with van der Waals surface area (Å²) >= 11 is 0. The van der Waals surface area contributed by atoms with Gasteiger partial charge in [0.1, 0.15) is 5.75 Å². The van der Waals surface area contributed by atoms with Gasteiger partial charge in [-0.25, -0.2) is 0 Å². The van der Waals surface area contributed by atoms with Crippen LogP contribution in [-0.2, 0) is 6.54 Å². The number of fused-ring (bicyclic) bond motifs is 1. The van der Waals surface area contributed by atoms with Crippen molar-refractivity contribution in [1.82, 2.24) is 5.32 Å². The molecule has 0 spiro atoms. The summed E-state index contributed by atoms with van der Waals surface area (Å²) in [6.45, 7) is 2.91. The van der Waals surface area contributed by atoms with Crippen LogP contribution in [0, 0.1) is 11.3 Å². The number of nitrogens with two attached hydrogens (primary N) is 1. The van der Waals surface area contributed by atoms with Gasteiger partial charge in [0.05, 0.1) is 31.3 Å². The number of nitrogens with one attached hydrogen (secondary N) is 1. The zero-order valence-electron chi connectivity index (χ0n) is 18.1. The maximum Gasteiger partial charge on any atom is 0.251 e. The van der Waals surface area contributed by atoms with Gasteiger partial charge in [0.25, 0.3) is 5.91 Å². The van der Waals surface area contributed by atoms with Crippen LogP contribution in [0.5, 0.6) is 5.75 Å². The molecule has 1 aliphatic rings. The van der Waals surface area contributed by atoms with E-state index < -0.39 is 0 Å². The Morgan fingerprint density at radius 2 is 2.03 bits per heavy atom. The smallest absolute Gasteiger partial charge is 0.251 e. The molecule has 1 amide bonds. The van der Waals surface area contributed by atoms with Crippen LogP contribution in [0.15, 0.2) is 65.7 Å². The fraction of sp³-hybridized carbons (Fsp3) is 0.192. The van der Waals surface area contributed by atoms with E-state index in [1.165, 1.54) is 5.56 Å². The zero-order valence-corrected chi connectivity index (χ0v) is 18.1. The first-order valence-corrected chi connectivity index (χ1v) is 10.4. The van der Waals surface area contributed by atoms with Gasteiger partial charge in [0.15, 0.2) is 0 Å². The number of ether oxygens (including phenoxy) is 1. The first-order valence-electron chi connectivity index (χ1n) is 10.4. The average Bonchev–Trinajstić information content (AvgIpc) is 3.22. The lowest BCUT2D eigenvalue weighted by atomic mass is 9.95. The number of amides is 1. The Labute approximate surface area is 187 Å². The SMILES string of the molecule is COc1cccc(C(CN)NC(=O)c2cc(C#N)cc(-c3ccc4c(c3)C(C)=NC4)c2)c1. The highest BCUT2D eigenvalue weighted by Gasteiger charge is 2.18. The molecule has 0 aromatic heterocycles. The van der Waals surface area contributed by atoms with Crippen LogP contribution in [0.3, 0.4) is 0 Å². The summed E-state index contributed by atoms with van der Waals surface area (Å²) in [5.41, 5.74) is 12.7. The molecule has 0 aliphatic carbocycles. The van der Waals surface area contributed by atoms with Crippen molar-refractivity contribution in [3.63, 3.8) is 0 Å². The number of carbonyl (C=O) groups excluding carboxylic acids is 1. The first kappa shape index (κ1) is 21.3. The van der Waals surface area contributed by atoms with E-state index in [1.54, 1.807) is 25.3 Å². The summed E-state index contributed by atoms with van der Waals surface area (Å²) in [7, 11) is 1.59. The molecule has 3 aromatic carbocycles. The molecule has 6 heteroatoms. The average molecular weight is 425 g/mol. The molecule has 1 heterocycles. The van der Waals surface area contributed by atoms with E-state index >= 15 is 0 Å². The van der Waals surface area contributed by atoms with E-state index in [9.17, 15) is 10.1 Å². The molecule has 0 radical (unpaired) electrons. The summed E-state index contributed by atoms with van der Waals surface area (Å²) < 4.78 is 5.28. The molecule has 1 unspecified atom stereocenters. The monoisotopic (exact) mass is 424 g/mol. The Morgan fingerprint density at radius 1 is 1.19 bits per heavy atom. The van der Waals surface area contributed by atoms with Crippen molar-refractivity contribution in [3.05, 3.63) is 88.5 Å². The van der Waals surface area contributed by atoms with Gasteiger partial charge in [-0.1, -0.05) is 24.3 Å². The van der Waals surface area contributed by atoms with Crippen molar-refractivity contribution in [2.75, 3.05) is 13.7 Å². The third kappa shape index (κ3) is 4.25. The molecular formula is C26H24N4O2. The van der Waals surface area contributed by atoms with Gasteiger partial charge in [0.2, 0.25) is 0 Å². The van der Waals surface area contributed by atoms with Crippen LogP contribution in [0.25, 0.3) is 11.1 Å². The van der Waals surface area contributed by atoms with Crippen molar-refractivity contribution in [2.24, 2.45) is 10.7 Å². The molecule has 6 nitrogen and oxygen atoms in total. The second-order valence-corrected chi connectivity index (χ2v) is 7.72. The lowest BCUT2D eigenvalue weighted by Gasteiger charge is -2.18. The fourth-order valence-corrected chi connectivity index (χ4v) is 3.89. The molecule has 3 N–H and O–H groups in total. The third-order valence-electron chi connectivity index (χ3n) is 5.68. The fourth-order valence-electron chi connectivity index (χ4n) is 3.89. The van der Waals surface area contributed by atoms with Gasteiger partial charge in [-0.3, -0.25) is 9.79 Å². The summed E-state index contributed by atoms with van der Waals surface area (Å²) in [4.78, 5) is 17.6. The van der Waals surface area contributed by atoms with Gasteiger partial charge in [0, 0.05) is 23.4 Å². The minimum atomic E-state index is -0.384. The Balaban J connectivity index is 1.65. The second kappa shape index (κ2) is 9.04. The predicted octanol–water partition coefficient (Wildman–Crippen LogP) is 3.99. The van der Waals surface area contributed by atoms with Crippen LogP contribution < -0.4 is 15.8 Å². The lowest BCUT2D eigenvalue weighted by Crippen LogP contribution is -2.33. The number of nitrogens with zero attached hydrogens (tertiary/aromatic N) is 2. The van der Waals surface area contributed by atoms with Gasteiger partial charge >= 0.3 is 0 Å². The summed E-state index contributed by atoms with van der Waals surface area (Å²) in [6.07, 6.45) is 0. The molecule has 0 fully saturated rings. The largest absolute Gasteiger partial charge is 0.497 e. The topological polar surface area (TPSA) is 100 Å². The zero-order chi connectivity index (χ0) is 22.7. The molecular weight excluding hydrogens is 400 g/mol. The van der Waals surface area contributed by atoms with Gasteiger partial charge in [-0.15, -0.1) is 0 Å². The van der Waals surface area contributed by atoms with E-state index in [0.717, 1.165) is 28.0 Å². The highest BCUT2D eigenvalue weighted by molar-refractivity contribution is 6.03. The Kier molecular flexibility index (Phi) is 6.02. The Morgan fingerprint density at radius 3 is 2.78 bits per heavy atom. The molecule has 32 heavy (non-hydrogen) atoms. The van der Waals surface area contributed by atoms with Crippen LogP contribution in [-0.4, -0.2) is 25.3 Å². The molecule has 3 aromatic rings. The standard InChI is InChI=1S/C26H24N4O2/c1-16-24-12-18(6-7-20(24)15-29-16)21-8-17(13-27)9-22(10-21)26(31)30-25(14-28)19-4-3-5-23(11-19)32-2/h3-12,25H,14-15,28H2,1-2H3,(H,30,31). The minimum Gasteiger partial charge on any atom is -0.497 e. The van der Waals surface area contributed by atoms with E-state index in [-0.39, 0.29) is 18.5 Å². The van der Waals surface area contributed by atoms with Crippen LogP contribution >= 0.6 is 0 Å². The second-order valence-electron chi connectivity index (χ2n) is 7.72. The van der Waals surface area contributed by atoms with E-state index in [2.05, 4.69) is 28.5 Å². The van der Waals surface area contributed by atoms with Crippen LogP contribution in [0.4, 0.5) is 0 Å². The quantitative estimate of drug-likeness (QED) is 0.625. The van der Waals surface area contributed by atoms with Gasteiger partial charge < -0.3 is 15.8 Å². The summed E-state index contributed by atoms with van der Waals surface area (Å²) in [5.74, 6) is 0.403. The number of nitriles is 1. The number of carbonyl (C=O) groups is 1. The van der Waals surface area contributed by atoms with Crippen LogP contribution in [0.2, 0.25) is 0 Å². The molecule has 1 aliphatic heterocycles. The molecule has 0 bridgehead atoms. The van der Waals surface area contributed by atoms with Crippen molar-refractivity contribution >= 4 is 11.6 Å². The Bertz CT molecular complexity index is 1260. The first-order chi connectivity index (χ1) is 15.5. The van der Waals surface area contributed by atoms with E-state index in [1.807, 2.05) is 37.3 Å². The normalized spacial score (nSPS) is 13.0. The highest BCUT2D eigenvalue weighted by atomic mass is 16.5. The maximum atomic E-state index is 13.1. The predicted molar refractivity (Wildman–Crippen MR) is 125 cm³/mol. The summed E-state index contributed by atoms with van der Waals surface area (Å²) in [6, 6.07) is 20.5. The minimum absolute atomic E-state index is 0.229. The number of hydrogen-bond donors (Lipinski definition) is 2. The van der Waals surface area contributed by atoms with Crippen molar-refractivity contribution in [3.8, 4) is 22.9 Å². The highest BCUT2D eigenvalue weighted by Crippen LogP contribution is 2.28. The molecule has 4 rings (SSSR count). The molecule has 0 saturated heterocycles. The number of aliphatic imine (C=N–C) groups is 1. The van der Waals surface area contributed by atoms with Crippen molar-refractivity contribution in [2.45, 2.75) is 19.5 Å². The molecule has 1 atom stereocenters. The van der Waals surface area contributed by atoms with Gasteiger partial charge in [-0.05, 0) is 65.6 Å². The van der Waals surface area contributed by atoms with Crippen molar-refractivity contribution < 1.29 is 9.53 Å². The van der Waals surface area contributed by atoms with E-state index in [4.69, 9.17) is 10.5 Å². The van der Waals surface area contributed by atoms with Crippen LogP contribution in [0.1, 0.15) is 45.6 Å². The van der Waals surface area contributed by atoms with E-state index in [0.29, 0.717) is 23.4 Å². The maximum absolute atomic E-state index is 13.1. The van der Waals surface area contributed by atoms with Crippen molar-refractivity contribution in [1.29, 1.82) is 5.26 Å². The number of benzene rings is 3. The Hall–Kier alpha value is -3.95. The number of hydrogen-bond acceptors (Lipinski definition) is 5. The van der Waals surface area contributed by atoms with Gasteiger partial charge in [-0.2, -0.15) is 5.26 Å². The summed E-state index contributed by atoms with van der Waals surface area (Å²) in [5, 5.41) is 12.5. The third-order valence-corrected chi connectivity index (χ3v) is 5.68. The lowest BCUT2D eigenvalue weighted by molar-refractivity contribution is 0.0937.